The van der Waals surface area contributed by atoms with E-state index in [9.17, 15) is 13.2 Å². The van der Waals surface area contributed by atoms with Crippen molar-refractivity contribution in [1.82, 2.24) is 15.1 Å². The molecule has 1 N–H and O–H groups in total. The average molecular weight is 444 g/mol. The van der Waals surface area contributed by atoms with Crippen molar-refractivity contribution in [3.05, 3.63) is 58.8 Å². The fraction of sp³-hybridized carbons (Fsp3) is 0.417. The van der Waals surface area contributed by atoms with Gasteiger partial charge in [0.25, 0.3) is 0 Å². The molecule has 32 heavy (non-hydrogen) atoms. The maximum absolute atomic E-state index is 13.4. The van der Waals surface area contributed by atoms with E-state index in [-0.39, 0.29) is 11.6 Å². The third-order valence-corrected chi connectivity index (χ3v) is 6.41. The molecule has 8 heteroatoms. The van der Waals surface area contributed by atoms with Crippen LogP contribution in [0, 0.1) is 13.8 Å². The Bertz CT molecular complexity index is 1140. The number of anilines is 2. The van der Waals surface area contributed by atoms with Gasteiger partial charge in [0.2, 0.25) is 0 Å². The molecule has 1 aromatic heterocycles. The van der Waals surface area contributed by atoms with Crippen molar-refractivity contribution in [2.45, 2.75) is 39.0 Å². The molecule has 5 nitrogen and oxygen atoms in total. The summed E-state index contributed by atoms with van der Waals surface area (Å²) in [5, 5.41) is 13.8. The highest BCUT2D eigenvalue weighted by atomic mass is 19.4. The third kappa shape index (κ3) is 4.11. The number of benzene rings is 2. The van der Waals surface area contributed by atoms with Gasteiger partial charge in [0.05, 0.1) is 17.3 Å². The molecular formula is C24H28F3N5. The molecule has 1 aliphatic rings. The maximum Gasteiger partial charge on any atom is 0.416 e. The van der Waals surface area contributed by atoms with Crippen LogP contribution >= 0.6 is 0 Å². The minimum absolute atomic E-state index is 0.223. The average Bonchev–Trinajstić information content (AvgIpc) is 2.68. The largest absolute Gasteiger partial charge is 0.416 e. The lowest BCUT2D eigenvalue weighted by Crippen LogP contribution is -2.57. The van der Waals surface area contributed by atoms with E-state index >= 15 is 0 Å². The van der Waals surface area contributed by atoms with E-state index in [2.05, 4.69) is 51.5 Å². The number of nitrogens with zero attached hydrogens (tertiary/aromatic N) is 4. The zero-order valence-electron chi connectivity index (χ0n) is 19.0. The molecule has 3 aromatic rings. The second-order valence-electron chi connectivity index (χ2n) is 8.77. The number of halogens is 3. The lowest BCUT2D eigenvalue weighted by molar-refractivity contribution is -0.138. The van der Waals surface area contributed by atoms with Crippen LogP contribution in [-0.2, 0) is 6.18 Å². The second kappa shape index (κ2) is 8.24. The van der Waals surface area contributed by atoms with Crippen molar-refractivity contribution in [2.75, 3.05) is 37.4 Å². The molecule has 0 bridgehead atoms. The topological polar surface area (TPSA) is 44.3 Å². The van der Waals surface area contributed by atoms with Crippen LogP contribution in [0.25, 0.3) is 10.8 Å². The molecule has 170 valence electrons. The number of nitrogens with one attached hydrogen (secondary N) is 1. The first-order chi connectivity index (χ1) is 15.1. The Hall–Kier alpha value is -2.87. The Balaban J connectivity index is 1.66. The summed E-state index contributed by atoms with van der Waals surface area (Å²) in [6.07, 6.45) is -4.38. The van der Waals surface area contributed by atoms with E-state index in [1.165, 1.54) is 13.0 Å². The summed E-state index contributed by atoms with van der Waals surface area (Å²) in [7, 11) is 4.17. The molecule has 0 saturated carbocycles. The predicted octanol–water partition coefficient (Wildman–Crippen LogP) is 5.19. The van der Waals surface area contributed by atoms with Gasteiger partial charge in [-0.25, -0.2) is 0 Å². The number of aryl methyl sites for hydroxylation is 1. The van der Waals surface area contributed by atoms with E-state index < -0.39 is 11.7 Å². The van der Waals surface area contributed by atoms with E-state index in [0.29, 0.717) is 17.4 Å². The van der Waals surface area contributed by atoms with Crippen LogP contribution in [0.2, 0.25) is 0 Å². The fourth-order valence-electron chi connectivity index (χ4n) is 4.28. The molecule has 0 amide bonds. The summed E-state index contributed by atoms with van der Waals surface area (Å²) < 4.78 is 40.1. The Morgan fingerprint density at radius 1 is 1.06 bits per heavy atom. The standard InChI is InChI=1S/C24H28F3N5/c1-14-19(7-6-8-22(14)24(25,26)27)15(2)28-23-21-11-17(32-12-18(13-32)31(4)5)9-10-20(21)16(3)29-30-23/h6-11,15,18H,12-13H2,1-5H3,(H,28,30). The summed E-state index contributed by atoms with van der Waals surface area (Å²) in [6.45, 7) is 7.18. The number of likely N-dealkylation sites (N-methyl/N-ethyl adjacent to an activating group) is 1. The first-order valence-corrected chi connectivity index (χ1v) is 10.7. The molecule has 1 unspecified atom stereocenters. The van der Waals surface area contributed by atoms with Crippen LogP contribution in [0.15, 0.2) is 36.4 Å². The Labute approximate surface area is 186 Å². The van der Waals surface area contributed by atoms with Gasteiger partial charge in [-0.1, -0.05) is 18.2 Å². The highest BCUT2D eigenvalue weighted by Gasteiger charge is 2.33. The van der Waals surface area contributed by atoms with Gasteiger partial charge in [-0.15, -0.1) is 5.10 Å². The van der Waals surface area contributed by atoms with Crippen LogP contribution in [-0.4, -0.2) is 48.3 Å². The summed E-state index contributed by atoms with van der Waals surface area (Å²) in [5.41, 5.74) is 2.12. The third-order valence-electron chi connectivity index (χ3n) is 6.41. The van der Waals surface area contributed by atoms with Crippen LogP contribution in [0.5, 0.6) is 0 Å². The molecular weight excluding hydrogens is 415 g/mol. The zero-order valence-corrected chi connectivity index (χ0v) is 19.0. The summed E-state index contributed by atoms with van der Waals surface area (Å²) in [6, 6.07) is 10.7. The van der Waals surface area contributed by atoms with Crippen LogP contribution in [0.4, 0.5) is 24.7 Å². The molecule has 0 aliphatic carbocycles. The van der Waals surface area contributed by atoms with Gasteiger partial charge in [-0.05, 0) is 64.2 Å². The van der Waals surface area contributed by atoms with Crippen molar-refractivity contribution in [3.63, 3.8) is 0 Å². The Kier molecular flexibility index (Phi) is 5.75. The SMILES string of the molecule is Cc1c(C(C)Nc2nnc(C)c3ccc(N4CC(N(C)C)C4)cc23)cccc1C(F)(F)F. The van der Waals surface area contributed by atoms with Crippen molar-refractivity contribution in [1.29, 1.82) is 0 Å². The first-order valence-electron chi connectivity index (χ1n) is 10.7. The van der Waals surface area contributed by atoms with Gasteiger partial charge >= 0.3 is 6.18 Å². The van der Waals surface area contributed by atoms with Crippen LogP contribution in [0.1, 0.15) is 35.3 Å². The summed E-state index contributed by atoms with van der Waals surface area (Å²) in [5.74, 6) is 0.571. The summed E-state index contributed by atoms with van der Waals surface area (Å²) >= 11 is 0. The predicted molar refractivity (Wildman–Crippen MR) is 122 cm³/mol. The molecule has 4 rings (SSSR count). The number of aromatic nitrogens is 2. The molecule has 1 saturated heterocycles. The minimum Gasteiger partial charge on any atom is -0.368 e. The lowest BCUT2D eigenvalue weighted by atomic mass is 9.97. The molecule has 2 heterocycles. The Morgan fingerprint density at radius 2 is 1.78 bits per heavy atom. The molecule has 1 aliphatic heterocycles. The van der Waals surface area contributed by atoms with Crippen molar-refractivity contribution >= 4 is 22.3 Å². The number of hydrogen-bond acceptors (Lipinski definition) is 5. The van der Waals surface area contributed by atoms with E-state index in [1.807, 2.05) is 19.9 Å². The minimum atomic E-state index is -4.38. The van der Waals surface area contributed by atoms with Gasteiger partial charge in [0, 0.05) is 35.6 Å². The van der Waals surface area contributed by atoms with Gasteiger partial charge in [-0.2, -0.15) is 18.3 Å². The Morgan fingerprint density at radius 3 is 2.44 bits per heavy atom. The zero-order chi connectivity index (χ0) is 23.2. The molecule has 0 spiro atoms. The normalized spacial score (nSPS) is 15.8. The van der Waals surface area contributed by atoms with E-state index in [4.69, 9.17) is 0 Å². The monoisotopic (exact) mass is 443 g/mol. The molecule has 1 fully saturated rings. The van der Waals surface area contributed by atoms with Crippen molar-refractivity contribution < 1.29 is 13.2 Å². The van der Waals surface area contributed by atoms with E-state index in [0.717, 1.165) is 41.3 Å². The summed E-state index contributed by atoms with van der Waals surface area (Å²) in [4.78, 5) is 4.53. The smallest absolute Gasteiger partial charge is 0.368 e. The van der Waals surface area contributed by atoms with E-state index in [1.54, 1.807) is 6.07 Å². The molecule has 2 aromatic carbocycles. The quantitative estimate of drug-likeness (QED) is 0.588. The highest BCUT2D eigenvalue weighted by molar-refractivity contribution is 5.95. The van der Waals surface area contributed by atoms with Gasteiger partial charge in [0.1, 0.15) is 0 Å². The number of alkyl halides is 3. The lowest BCUT2D eigenvalue weighted by Gasteiger charge is -2.44. The van der Waals surface area contributed by atoms with Gasteiger partial charge in [0.15, 0.2) is 5.82 Å². The highest BCUT2D eigenvalue weighted by Crippen LogP contribution is 2.36. The molecule has 1 atom stereocenters. The number of rotatable bonds is 5. The van der Waals surface area contributed by atoms with Gasteiger partial charge < -0.3 is 15.1 Å². The first kappa shape index (κ1) is 22.3. The van der Waals surface area contributed by atoms with Crippen molar-refractivity contribution in [2.24, 2.45) is 0 Å². The van der Waals surface area contributed by atoms with Crippen LogP contribution < -0.4 is 10.2 Å². The maximum atomic E-state index is 13.4. The number of fused-ring (bicyclic) bond motifs is 1. The van der Waals surface area contributed by atoms with Gasteiger partial charge in [-0.3, -0.25) is 0 Å². The molecule has 0 radical (unpaired) electrons. The van der Waals surface area contributed by atoms with Crippen molar-refractivity contribution in [3.8, 4) is 0 Å². The second-order valence-corrected chi connectivity index (χ2v) is 8.77. The fourth-order valence-corrected chi connectivity index (χ4v) is 4.28. The van der Waals surface area contributed by atoms with Crippen LogP contribution in [0.3, 0.4) is 0 Å². The number of hydrogen-bond donors (Lipinski definition) is 1.